The number of pyridine rings is 1. The van der Waals surface area contributed by atoms with Gasteiger partial charge in [-0.25, -0.2) is 4.98 Å². The number of nitrogens with one attached hydrogen (secondary N) is 2. The van der Waals surface area contributed by atoms with E-state index in [-0.39, 0.29) is 5.75 Å². The first-order valence-electron chi connectivity index (χ1n) is 10.1. The van der Waals surface area contributed by atoms with Crippen molar-refractivity contribution in [3.63, 3.8) is 0 Å². The molecule has 0 spiro atoms. The van der Waals surface area contributed by atoms with Crippen LogP contribution in [0.4, 0.5) is 17.5 Å². The van der Waals surface area contributed by atoms with Gasteiger partial charge < -0.3 is 20.2 Å². The maximum Gasteiger partial charge on any atom is 0.253 e. The van der Waals surface area contributed by atoms with Crippen molar-refractivity contribution < 1.29 is 9.52 Å². The van der Waals surface area contributed by atoms with Crippen molar-refractivity contribution in [2.75, 3.05) is 17.2 Å². The van der Waals surface area contributed by atoms with Crippen LogP contribution in [0.15, 0.2) is 59.4 Å². The van der Waals surface area contributed by atoms with Gasteiger partial charge in [-0.3, -0.25) is 4.98 Å². The third-order valence-corrected chi connectivity index (χ3v) is 4.96. The van der Waals surface area contributed by atoms with Crippen LogP contribution in [0.3, 0.4) is 0 Å². The Kier molecular flexibility index (Phi) is 5.14. The molecule has 0 aliphatic heterocycles. The molecule has 4 aromatic rings. The molecule has 0 saturated heterocycles. The molecule has 3 heterocycles. The molecular weight excluding hydrogens is 394 g/mol. The van der Waals surface area contributed by atoms with Gasteiger partial charge in [-0.15, -0.1) is 10.2 Å². The first-order chi connectivity index (χ1) is 15.2. The number of rotatable bonds is 8. The summed E-state index contributed by atoms with van der Waals surface area (Å²) in [6.07, 6.45) is 8.22. The minimum atomic E-state index is 0.193. The summed E-state index contributed by atoms with van der Waals surface area (Å²) in [6.45, 7) is 0.675. The monoisotopic (exact) mass is 415 g/mol. The fraction of sp³-hybridized carbons (Fsp3) is 0.227. The van der Waals surface area contributed by atoms with E-state index in [4.69, 9.17) is 4.42 Å². The molecule has 9 heteroatoms. The molecule has 9 nitrogen and oxygen atoms in total. The fourth-order valence-corrected chi connectivity index (χ4v) is 3.11. The summed E-state index contributed by atoms with van der Waals surface area (Å²) in [5.41, 5.74) is 2.56. The van der Waals surface area contributed by atoms with Crippen LogP contribution in [0.1, 0.15) is 30.2 Å². The highest BCUT2D eigenvalue weighted by Gasteiger charge is 2.30. The van der Waals surface area contributed by atoms with Crippen molar-refractivity contribution in [1.82, 2.24) is 25.1 Å². The van der Waals surface area contributed by atoms with Crippen LogP contribution in [0.25, 0.3) is 11.5 Å². The Balaban J connectivity index is 1.38. The third kappa shape index (κ3) is 4.61. The quantitative estimate of drug-likeness (QED) is 0.368. The van der Waals surface area contributed by atoms with Crippen LogP contribution >= 0.6 is 0 Å². The lowest BCUT2D eigenvalue weighted by molar-refractivity contribution is 0.475. The maximum atomic E-state index is 9.55. The van der Waals surface area contributed by atoms with Gasteiger partial charge in [0.2, 0.25) is 11.8 Å². The zero-order chi connectivity index (χ0) is 21.0. The van der Waals surface area contributed by atoms with Crippen LogP contribution in [0.5, 0.6) is 5.75 Å². The van der Waals surface area contributed by atoms with Gasteiger partial charge in [0.1, 0.15) is 17.1 Å². The first-order valence-corrected chi connectivity index (χ1v) is 10.1. The molecule has 1 aliphatic rings. The van der Waals surface area contributed by atoms with E-state index in [9.17, 15) is 5.11 Å². The van der Waals surface area contributed by atoms with Gasteiger partial charge in [0.25, 0.3) is 5.89 Å². The molecule has 5 rings (SSSR count). The Bertz CT molecular complexity index is 1160. The average Bonchev–Trinajstić information content (AvgIpc) is 3.53. The molecule has 0 amide bonds. The Morgan fingerprint density at radius 3 is 2.61 bits per heavy atom. The van der Waals surface area contributed by atoms with Gasteiger partial charge in [-0.05, 0) is 61.2 Å². The molecule has 31 heavy (non-hydrogen) atoms. The molecule has 3 N–H and O–H groups in total. The summed E-state index contributed by atoms with van der Waals surface area (Å²) >= 11 is 0. The van der Waals surface area contributed by atoms with Crippen molar-refractivity contribution in [3.05, 3.63) is 66.4 Å². The summed E-state index contributed by atoms with van der Waals surface area (Å²) in [5, 5.41) is 24.4. The largest absolute Gasteiger partial charge is 0.508 e. The van der Waals surface area contributed by atoms with E-state index < -0.39 is 0 Å². The second-order valence-corrected chi connectivity index (χ2v) is 7.38. The van der Waals surface area contributed by atoms with E-state index in [0.717, 1.165) is 24.9 Å². The minimum absolute atomic E-state index is 0.193. The van der Waals surface area contributed by atoms with Crippen LogP contribution in [0.2, 0.25) is 0 Å². The van der Waals surface area contributed by atoms with Gasteiger partial charge in [0.05, 0.1) is 0 Å². The highest BCUT2D eigenvalue weighted by molar-refractivity contribution is 5.74. The van der Waals surface area contributed by atoms with Gasteiger partial charge in [-0.2, -0.15) is 4.98 Å². The van der Waals surface area contributed by atoms with Gasteiger partial charge in [0, 0.05) is 36.7 Å². The van der Waals surface area contributed by atoms with Gasteiger partial charge in [0.15, 0.2) is 0 Å². The summed E-state index contributed by atoms with van der Waals surface area (Å²) < 4.78 is 5.86. The number of aromatic hydroxyl groups is 1. The molecule has 156 valence electrons. The SMILES string of the molecule is Oc1ccc(Nc2nc(NCCc3ccncc3)ncc2-c2nnc(C3CC3)o2)cc1. The zero-order valence-electron chi connectivity index (χ0n) is 16.7. The number of aromatic nitrogens is 5. The van der Waals surface area contributed by atoms with Crippen molar-refractivity contribution in [1.29, 1.82) is 0 Å². The van der Waals surface area contributed by atoms with Crippen LogP contribution in [-0.4, -0.2) is 36.8 Å². The number of hydrogen-bond donors (Lipinski definition) is 3. The van der Waals surface area contributed by atoms with Crippen LogP contribution in [-0.2, 0) is 6.42 Å². The summed E-state index contributed by atoms with van der Waals surface area (Å²) in [6, 6.07) is 10.7. The Morgan fingerprint density at radius 2 is 1.84 bits per heavy atom. The number of anilines is 3. The van der Waals surface area contributed by atoms with Crippen LogP contribution in [0, 0.1) is 0 Å². The molecule has 1 saturated carbocycles. The zero-order valence-corrected chi connectivity index (χ0v) is 16.7. The number of nitrogens with zero attached hydrogens (tertiary/aromatic N) is 5. The Labute approximate surface area is 178 Å². The molecule has 0 unspecified atom stereocenters. The van der Waals surface area contributed by atoms with E-state index in [1.807, 2.05) is 12.1 Å². The number of hydrogen-bond acceptors (Lipinski definition) is 9. The molecule has 0 atom stereocenters. The van der Waals surface area contributed by atoms with E-state index in [1.165, 1.54) is 5.56 Å². The molecule has 1 aromatic carbocycles. The summed E-state index contributed by atoms with van der Waals surface area (Å²) in [7, 11) is 0. The molecule has 1 aliphatic carbocycles. The van der Waals surface area contributed by atoms with Crippen molar-refractivity contribution in [2.45, 2.75) is 25.2 Å². The van der Waals surface area contributed by atoms with Crippen molar-refractivity contribution in [2.24, 2.45) is 0 Å². The topological polar surface area (TPSA) is 122 Å². The fourth-order valence-electron chi connectivity index (χ4n) is 3.11. The van der Waals surface area contributed by atoms with Crippen molar-refractivity contribution in [3.8, 4) is 17.2 Å². The van der Waals surface area contributed by atoms with E-state index >= 15 is 0 Å². The number of phenolic OH excluding ortho intramolecular Hbond substituents is 1. The highest BCUT2D eigenvalue weighted by Crippen LogP contribution is 2.40. The standard InChI is InChI=1S/C22H21N7O2/c30-17-5-3-16(4-6-17)26-19-18(21-29-28-20(31-21)15-1-2-15)13-25-22(27-19)24-12-9-14-7-10-23-11-8-14/h3-8,10-11,13,15,30H,1-2,9,12H2,(H2,24,25,26,27). The second kappa shape index (κ2) is 8.39. The summed E-state index contributed by atoms with van der Waals surface area (Å²) in [5.74, 6) is 2.62. The third-order valence-electron chi connectivity index (χ3n) is 4.96. The van der Waals surface area contributed by atoms with Crippen molar-refractivity contribution >= 4 is 17.5 Å². The maximum absolute atomic E-state index is 9.55. The normalized spacial score (nSPS) is 13.2. The van der Waals surface area contributed by atoms with E-state index in [0.29, 0.717) is 41.6 Å². The van der Waals surface area contributed by atoms with Gasteiger partial charge in [-0.1, -0.05) is 0 Å². The molecule has 3 aromatic heterocycles. The Hall–Kier alpha value is -4.01. The Morgan fingerprint density at radius 1 is 1.03 bits per heavy atom. The molecule has 0 radical (unpaired) electrons. The number of benzene rings is 1. The van der Waals surface area contributed by atoms with E-state index in [1.54, 1.807) is 42.9 Å². The lowest BCUT2D eigenvalue weighted by Crippen LogP contribution is -2.09. The first kappa shape index (κ1) is 19.0. The average molecular weight is 415 g/mol. The molecule has 1 fully saturated rings. The minimum Gasteiger partial charge on any atom is -0.508 e. The lowest BCUT2D eigenvalue weighted by Gasteiger charge is -2.11. The second-order valence-electron chi connectivity index (χ2n) is 7.38. The van der Waals surface area contributed by atoms with Crippen LogP contribution < -0.4 is 10.6 Å². The van der Waals surface area contributed by atoms with Gasteiger partial charge >= 0.3 is 0 Å². The highest BCUT2D eigenvalue weighted by atomic mass is 16.4. The number of phenols is 1. The predicted octanol–water partition coefficient (Wildman–Crippen LogP) is 3.90. The molecular formula is C22H21N7O2. The summed E-state index contributed by atoms with van der Waals surface area (Å²) in [4.78, 5) is 13.1. The lowest BCUT2D eigenvalue weighted by atomic mass is 10.2. The molecule has 0 bridgehead atoms. The van der Waals surface area contributed by atoms with E-state index in [2.05, 4.69) is 35.8 Å². The smallest absolute Gasteiger partial charge is 0.253 e. The predicted molar refractivity (Wildman–Crippen MR) is 115 cm³/mol.